The number of amides is 1. The predicted octanol–water partition coefficient (Wildman–Crippen LogP) is 4.78. The first-order valence-corrected chi connectivity index (χ1v) is 11.8. The highest BCUT2D eigenvalue weighted by molar-refractivity contribution is 7.98. The number of nitrogens with one attached hydrogen (secondary N) is 2. The molecule has 3 aromatic rings. The van der Waals surface area contributed by atoms with Gasteiger partial charge in [0.15, 0.2) is 0 Å². The molecule has 30 heavy (non-hydrogen) atoms. The third-order valence-corrected chi connectivity index (χ3v) is 6.55. The molecule has 0 saturated carbocycles. The maximum Gasteiger partial charge on any atom is 0.261 e. The molecule has 0 aliphatic rings. The van der Waals surface area contributed by atoms with Crippen molar-refractivity contribution in [1.82, 2.24) is 0 Å². The number of sulfonamides is 1. The summed E-state index contributed by atoms with van der Waals surface area (Å²) < 4.78 is 33.7. The molecule has 0 saturated heterocycles. The van der Waals surface area contributed by atoms with E-state index in [1.165, 1.54) is 37.1 Å². The van der Waals surface area contributed by atoms with Crippen LogP contribution in [-0.2, 0) is 10.0 Å². The van der Waals surface area contributed by atoms with Gasteiger partial charge in [0.2, 0.25) is 0 Å². The van der Waals surface area contributed by atoms with Crippen molar-refractivity contribution in [3.8, 4) is 5.75 Å². The summed E-state index contributed by atoms with van der Waals surface area (Å²) in [4.78, 5) is 13.6. The van der Waals surface area contributed by atoms with Gasteiger partial charge in [0.1, 0.15) is 5.75 Å². The van der Waals surface area contributed by atoms with Crippen molar-refractivity contribution in [3.63, 3.8) is 0 Å². The maximum absolute atomic E-state index is 12.9. The normalized spacial score (nSPS) is 11.0. The molecule has 0 aromatic heterocycles. The van der Waals surface area contributed by atoms with E-state index < -0.39 is 10.0 Å². The van der Waals surface area contributed by atoms with E-state index >= 15 is 0 Å². The van der Waals surface area contributed by atoms with Crippen LogP contribution >= 0.6 is 11.8 Å². The molecule has 6 nitrogen and oxygen atoms in total. The number of rotatable bonds is 7. The fraction of sp³-hybridized carbons (Fsp3) is 0.136. The Bertz CT molecular complexity index is 1180. The lowest BCUT2D eigenvalue weighted by Gasteiger charge is -2.14. The number of aryl methyl sites for hydroxylation is 1. The molecule has 0 unspecified atom stereocenters. The van der Waals surface area contributed by atoms with Crippen LogP contribution in [0.3, 0.4) is 0 Å². The lowest BCUT2D eigenvalue weighted by Crippen LogP contribution is -2.16. The van der Waals surface area contributed by atoms with Gasteiger partial charge in [0.05, 0.1) is 17.7 Å². The van der Waals surface area contributed by atoms with Crippen LogP contribution in [0.1, 0.15) is 15.9 Å². The van der Waals surface area contributed by atoms with Crippen LogP contribution in [0.15, 0.2) is 76.5 Å². The predicted molar refractivity (Wildman–Crippen MR) is 121 cm³/mol. The van der Waals surface area contributed by atoms with E-state index in [-0.39, 0.29) is 16.5 Å². The van der Waals surface area contributed by atoms with Crippen molar-refractivity contribution in [2.24, 2.45) is 0 Å². The second kappa shape index (κ2) is 9.23. The number of thioether (sulfide) groups is 1. The fourth-order valence-electron chi connectivity index (χ4n) is 2.87. The van der Waals surface area contributed by atoms with Gasteiger partial charge in [0, 0.05) is 16.1 Å². The highest BCUT2D eigenvalue weighted by Crippen LogP contribution is 2.29. The van der Waals surface area contributed by atoms with Gasteiger partial charge in [-0.05, 0) is 61.2 Å². The monoisotopic (exact) mass is 442 g/mol. The third-order valence-electron chi connectivity index (χ3n) is 4.44. The van der Waals surface area contributed by atoms with Gasteiger partial charge in [0.25, 0.3) is 15.9 Å². The average Bonchev–Trinajstić information content (AvgIpc) is 2.73. The van der Waals surface area contributed by atoms with Crippen molar-refractivity contribution in [3.05, 3.63) is 77.9 Å². The minimum Gasteiger partial charge on any atom is -0.495 e. The molecule has 0 bridgehead atoms. The zero-order chi connectivity index (χ0) is 21.7. The number of carbonyl (C=O) groups excluding carboxylic acids is 1. The third kappa shape index (κ3) is 4.95. The van der Waals surface area contributed by atoms with Crippen LogP contribution in [-0.4, -0.2) is 27.7 Å². The molecule has 0 heterocycles. The quantitative estimate of drug-likeness (QED) is 0.515. The first-order valence-electron chi connectivity index (χ1n) is 9.06. The Labute approximate surface area is 180 Å². The number of ether oxygens (including phenoxy) is 1. The second-order valence-electron chi connectivity index (χ2n) is 6.47. The number of hydrogen-bond acceptors (Lipinski definition) is 5. The van der Waals surface area contributed by atoms with Gasteiger partial charge < -0.3 is 10.1 Å². The molecule has 0 atom stereocenters. The van der Waals surface area contributed by atoms with Crippen molar-refractivity contribution >= 4 is 39.1 Å². The largest absolute Gasteiger partial charge is 0.495 e. The second-order valence-corrected chi connectivity index (χ2v) is 9.03. The maximum atomic E-state index is 12.9. The van der Waals surface area contributed by atoms with Crippen LogP contribution in [0.25, 0.3) is 0 Å². The summed E-state index contributed by atoms with van der Waals surface area (Å²) in [7, 11) is -2.40. The number of benzene rings is 3. The molecule has 156 valence electrons. The van der Waals surface area contributed by atoms with E-state index in [0.717, 1.165) is 10.5 Å². The van der Waals surface area contributed by atoms with Crippen molar-refractivity contribution in [2.45, 2.75) is 16.7 Å². The van der Waals surface area contributed by atoms with Crippen LogP contribution < -0.4 is 14.8 Å². The SMILES string of the molecule is COc1ccc(S(=O)(=O)Nc2cccc(SC)c2)cc1NC(=O)c1ccccc1C. The summed E-state index contributed by atoms with van der Waals surface area (Å²) in [6, 6.07) is 18.6. The lowest BCUT2D eigenvalue weighted by atomic mass is 10.1. The van der Waals surface area contributed by atoms with Gasteiger partial charge in [-0.15, -0.1) is 11.8 Å². The highest BCUT2D eigenvalue weighted by Gasteiger charge is 2.19. The van der Waals surface area contributed by atoms with Crippen LogP contribution in [0.5, 0.6) is 5.75 Å². The Morgan fingerprint density at radius 1 is 1.00 bits per heavy atom. The molecule has 1 amide bonds. The smallest absolute Gasteiger partial charge is 0.261 e. The first kappa shape index (κ1) is 21.7. The van der Waals surface area contributed by atoms with Gasteiger partial charge in [-0.25, -0.2) is 8.42 Å². The fourth-order valence-corrected chi connectivity index (χ4v) is 4.40. The standard InChI is InChI=1S/C22H22N2O4S2/c1-15-7-4-5-10-19(15)22(25)23-20-14-18(11-12-21(20)28-2)30(26,27)24-16-8-6-9-17(13-16)29-3/h4-14,24H,1-3H3,(H,23,25). The Hall–Kier alpha value is -2.97. The summed E-state index contributed by atoms with van der Waals surface area (Å²) in [6.45, 7) is 1.83. The zero-order valence-electron chi connectivity index (χ0n) is 16.8. The summed E-state index contributed by atoms with van der Waals surface area (Å²) >= 11 is 1.52. The summed E-state index contributed by atoms with van der Waals surface area (Å²) in [5, 5.41) is 2.75. The summed E-state index contributed by atoms with van der Waals surface area (Å²) in [5.74, 6) is 0.0156. The van der Waals surface area contributed by atoms with Crippen molar-refractivity contribution < 1.29 is 17.9 Å². The molecular weight excluding hydrogens is 420 g/mol. The minimum atomic E-state index is -3.86. The van der Waals surface area contributed by atoms with Gasteiger partial charge in [-0.1, -0.05) is 24.3 Å². The average molecular weight is 443 g/mol. The lowest BCUT2D eigenvalue weighted by molar-refractivity contribution is 0.102. The van der Waals surface area contributed by atoms with Gasteiger partial charge in [-0.3, -0.25) is 9.52 Å². The van der Waals surface area contributed by atoms with E-state index in [0.29, 0.717) is 17.0 Å². The Morgan fingerprint density at radius 3 is 2.47 bits per heavy atom. The van der Waals surface area contributed by atoms with E-state index in [1.807, 2.05) is 31.4 Å². The van der Waals surface area contributed by atoms with E-state index in [4.69, 9.17) is 4.74 Å². The highest BCUT2D eigenvalue weighted by atomic mass is 32.2. The number of carbonyl (C=O) groups is 1. The van der Waals surface area contributed by atoms with Gasteiger partial charge in [-0.2, -0.15) is 0 Å². The van der Waals surface area contributed by atoms with E-state index in [2.05, 4.69) is 10.0 Å². The molecule has 2 N–H and O–H groups in total. The summed E-state index contributed by atoms with van der Waals surface area (Å²) in [6.07, 6.45) is 1.92. The Morgan fingerprint density at radius 2 is 1.77 bits per heavy atom. The molecule has 0 radical (unpaired) electrons. The number of anilines is 2. The Kier molecular flexibility index (Phi) is 6.69. The van der Waals surface area contributed by atoms with Crippen molar-refractivity contribution in [2.75, 3.05) is 23.4 Å². The molecule has 0 aliphatic heterocycles. The van der Waals surface area contributed by atoms with Gasteiger partial charge >= 0.3 is 0 Å². The van der Waals surface area contributed by atoms with Crippen LogP contribution in [0.2, 0.25) is 0 Å². The first-order chi connectivity index (χ1) is 14.3. The molecule has 0 fully saturated rings. The Balaban J connectivity index is 1.91. The zero-order valence-corrected chi connectivity index (χ0v) is 18.4. The number of methoxy groups -OCH3 is 1. The molecule has 0 spiro atoms. The summed E-state index contributed by atoms with van der Waals surface area (Å²) in [5.41, 5.74) is 2.04. The minimum absolute atomic E-state index is 0.0120. The van der Waals surface area contributed by atoms with E-state index in [1.54, 1.807) is 30.3 Å². The molecular formula is C22H22N2O4S2. The molecule has 8 heteroatoms. The molecule has 3 rings (SSSR count). The molecule has 0 aliphatic carbocycles. The van der Waals surface area contributed by atoms with Crippen LogP contribution in [0.4, 0.5) is 11.4 Å². The van der Waals surface area contributed by atoms with Crippen molar-refractivity contribution in [1.29, 1.82) is 0 Å². The topological polar surface area (TPSA) is 84.5 Å². The number of hydrogen-bond donors (Lipinski definition) is 2. The van der Waals surface area contributed by atoms with Crippen LogP contribution in [0, 0.1) is 6.92 Å². The molecule has 3 aromatic carbocycles. The van der Waals surface area contributed by atoms with E-state index in [9.17, 15) is 13.2 Å².